The lowest BCUT2D eigenvalue weighted by Gasteiger charge is -2.26. The van der Waals surface area contributed by atoms with Gasteiger partial charge >= 0.3 is 0 Å². The van der Waals surface area contributed by atoms with Crippen LogP contribution in [0.2, 0.25) is 0 Å². The lowest BCUT2D eigenvalue weighted by atomic mass is 9.94. The number of carbonyl (C=O) groups excluding carboxylic acids is 1. The molecule has 1 atom stereocenters. The number of nitrogens with two attached hydrogens (primary N) is 1. The van der Waals surface area contributed by atoms with E-state index in [0.717, 1.165) is 19.2 Å². The number of aryl methyl sites for hydroxylation is 1. The summed E-state index contributed by atoms with van der Waals surface area (Å²) in [6, 6.07) is 6.97. The fourth-order valence-corrected chi connectivity index (χ4v) is 2.69. The monoisotopic (exact) mass is 355 g/mol. The van der Waals surface area contributed by atoms with Crippen molar-refractivity contribution < 1.29 is 27.1 Å². The van der Waals surface area contributed by atoms with Crippen LogP contribution in [-0.4, -0.2) is 18.9 Å². The second-order valence-electron chi connectivity index (χ2n) is 5.70. The van der Waals surface area contributed by atoms with Crippen LogP contribution in [0.5, 0.6) is 0 Å². The first-order valence-corrected chi connectivity index (χ1v) is 7.41. The molecule has 0 fully saturated rings. The Morgan fingerprint density at radius 3 is 2.28 bits per heavy atom. The normalized spacial score (nSPS) is 12.9. The largest absolute Gasteiger partial charge is 0.370 e. The first-order valence-electron chi connectivity index (χ1n) is 7.41. The summed E-state index contributed by atoms with van der Waals surface area (Å²) in [5.41, 5.74) is 4.66. The van der Waals surface area contributed by atoms with E-state index in [1.54, 1.807) is 0 Å². The molecule has 1 unspecified atom stereocenters. The van der Waals surface area contributed by atoms with Crippen molar-refractivity contribution in [1.29, 1.82) is 0 Å². The van der Waals surface area contributed by atoms with Gasteiger partial charge in [0, 0.05) is 13.5 Å². The van der Waals surface area contributed by atoms with E-state index in [9.17, 15) is 22.4 Å². The molecule has 25 heavy (non-hydrogen) atoms. The van der Waals surface area contributed by atoms with Crippen LogP contribution >= 0.6 is 0 Å². The Balaban J connectivity index is 2.38. The van der Waals surface area contributed by atoms with Crippen molar-refractivity contribution in [2.24, 2.45) is 5.73 Å². The highest BCUT2D eigenvalue weighted by Crippen LogP contribution is 2.38. The summed E-state index contributed by atoms with van der Waals surface area (Å²) < 4.78 is 61.6. The quantitative estimate of drug-likeness (QED) is 0.798. The molecular formula is C18H17F4NO2. The Labute approximate surface area is 142 Å². The van der Waals surface area contributed by atoms with Gasteiger partial charge in [-0.1, -0.05) is 24.3 Å². The van der Waals surface area contributed by atoms with Crippen molar-refractivity contribution in [3.05, 3.63) is 70.3 Å². The fraction of sp³-hybridized carbons (Fsp3) is 0.278. The zero-order valence-electron chi connectivity index (χ0n) is 13.7. The van der Waals surface area contributed by atoms with E-state index in [4.69, 9.17) is 10.5 Å². The molecule has 0 radical (unpaired) electrons. The zero-order chi connectivity index (χ0) is 18.8. The second-order valence-corrected chi connectivity index (χ2v) is 5.70. The minimum Gasteiger partial charge on any atom is -0.370 e. The number of hydrogen-bond acceptors (Lipinski definition) is 2. The lowest BCUT2D eigenvalue weighted by molar-refractivity contribution is -0.126. The molecule has 2 N–H and O–H groups in total. The zero-order valence-corrected chi connectivity index (χ0v) is 13.7. The Hall–Kier alpha value is -2.41. The van der Waals surface area contributed by atoms with Gasteiger partial charge in [-0.05, 0) is 35.7 Å². The first-order chi connectivity index (χ1) is 11.7. The van der Waals surface area contributed by atoms with Crippen molar-refractivity contribution in [2.75, 3.05) is 7.11 Å². The molecule has 0 aliphatic rings. The average Bonchev–Trinajstić information content (AvgIpc) is 2.52. The molecule has 0 saturated carbocycles. The maximum atomic E-state index is 14.7. The summed E-state index contributed by atoms with van der Waals surface area (Å²) in [6.07, 6.45) is -2.71. The van der Waals surface area contributed by atoms with Crippen LogP contribution in [0.3, 0.4) is 0 Å². The molecule has 2 rings (SSSR count). The Kier molecular flexibility index (Phi) is 5.47. The Bertz CT molecular complexity index is 775. The Morgan fingerprint density at radius 1 is 1.16 bits per heavy atom. The van der Waals surface area contributed by atoms with E-state index in [1.165, 1.54) is 31.2 Å². The third kappa shape index (κ3) is 3.99. The number of halogens is 4. The van der Waals surface area contributed by atoms with Crippen LogP contribution in [0, 0.1) is 18.6 Å². The minimum atomic E-state index is -3.50. The highest BCUT2D eigenvalue weighted by atomic mass is 19.3. The van der Waals surface area contributed by atoms with E-state index in [2.05, 4.69) is 0 Å². The van der Waals surface area contributed by atoms with E-state index < -0.39 is 41.6 Å². The van der Waals surface area contributed by atoms with Gasteiger partial charge in [-0.3, -0.25) is 4.79 Å². The molecule has 134 valence electrons. The minimum absolute atomic E-state index is 0.0524. The average molecular weight is 355 g/mol. The summed E-state index contributed by atoms with van der Waals surface area (Å²) in [5, 5.41) is 0. The van der Waals surface area contributed by atoms with Crippen LogP contribution in [0.1, 0.15) is 33.2 Å². The SMILES string of the molecule is COC(c1ccc(F)cc1)C(F)(F)Cc1ccc(C)c(C(N)=O)c1F. The summed E-state index contributed by atoms with van der Waals surface area (Å²) in [4.78, 5) is 11.3. The predicted octanol–water partition coefficient (Wildman–Crippen LogP) is 3.94. The first kappa shape index (κ1) is 18.9. The number of primary amides is 1. The molecule has 0 aliphatic carbocycles. The molecule has 0 aliphatic heterocycles. The van der Waals surface area contributed by atoms with E-state index in [1.807, 2.05) is 0 Å². The van der Waals surface area contributed by atoms with Crippen LogP contribution in [0.25, 0.3) is 0 Å². The third-order valence-electron chi connectivity index (χ3n) is 3.89. The van der Waals surface area contributed by atoms with Crippen LogP contribution < -0.4 is 5.73 Å². The standard InChI is InChI=1S/C18H17F4NO2/c1-10-3-4-12(15(20)14(10)17(23)24)9-18(21,22)16(25-2)11-5-7-13(19)8-6-11/h3-8,16H,9H2,1-2H3,(H2,23,24). The van der Waals surface area contributed by atoms with Gasteiger partial charge in [-0.25, -0.2) is 17.6 Å². The van der Waals surface area contributed by atoms with E-state index in [-0.39, 0.29) is 16.7 Å². The predicted molar refractivity (Wildman–Crippen MR) is 84.5 cm³/mol. The van der Waals surface area contributed by atoms with Gasteiger partial charge in [-0.15, -0.1) is 0 Å². The summed E-state index contributed by atoms with van der Waals surface area (Å²) >= 11 is 0. The summed E-state index contributed by atoms with van der Waals surface area (Å²) in [7, 11) is 1.09. The van der Waals surface area contributed by atoms with Crippen molar-refractivity contribution in [3.63, 3.8) is 0 Å². The molecule has 1 amide bonds. The molecule has 7 heteroatoms. The van der Waals surface area contributed by atoms with Crippen molar-refractivity contribution in [3.8, 4) is 0 Å². The highest BCUT2D eigenvalue weighted by Gasteiger charge is 2.42. The van der Waals surface area contributed by atoms with Gasteiger partial charge in [0.25, 0.3) is 11.8 Å². The van der Waals surface area contributed by atoms with Gasteiger partial charge in [-0.2, -0.15) is 0 Å². The lowest BCUT2D eigenvalue weighted by Crippen LogP contribution is -2.31. The highest BCUT2D eigenvalue weighted by molar-refractivity contribution is 5.94. The van der Waals surface area contributed by atoms with Gasteiger partial charge in [0.1, 0.15) is 17.7 Å². The van der Waals surface area contributed by atoms with Crippen molar-refractivity contribution >= 4 is 5.91 Å². The molecule has 2 aromatic rings. The fourth-order valence-electron chi connectivity index (χ4n) is 2.69. The topological polar surface area (TPSA) is 52.3 Å². The van der Waals surface area contributed by atoms with Crippen molar-refractivity contribution in [1.82, 2.24) is 0 Å². The number of rotatable bonds is 6. The number of benzene rings is 2. The second kappa shape index (κ2) is 7.23. The number of methoxy groups -OCH3 is 1. The van der Waals surface area contributed by atoms with Gasteiger partial charge in [0.15, 0.2) is 0 Å². The molecular weight excluding hydrogens is 338 g/mol. The number of amides is 1. The van der Waals surface area contributed by atoms with Gasteiger partial charge in [0.2, 0.25) is 0 Å². The summed E-state index contributed by atoms with van der Waals surface area (Å²) in [6.45, 7) is 1.46. The van der Waals surface area contributed by atoms with Gasteiger partial charge in [0.05, 0.1) is 5.56 Å². The molecule has 3 nitrogen and oxygen atoms in total. The summed E-state index contributed by atoms with van der Waals surface area (Å²) in [5.74, 6) is -6.17. The maximum absolute atomic E-state index is 14.7. The maximum Gasteiger partial charge on any atom is 0.281 e. The van der Waals surface area contributed by atoms with Crippen molar-refractivity contribution in [2.45, 2.75) is 25.4 Å². The number of alkyl halides is 2. The number of hydrogen-bond donors (Lipinski definition) is 1. The third-order valence-corrected chi connectivity index (χ3v) is 3.89. The number of ether oxygens (including phenoxy) is 1. The molecule has 0 bridgehead atoms. The molecule has 0 spiro atoms. The smallest absolute Gasteiger partial charge is 0.281 e. The van der Waals surface area contributed by atoms with Gasteiger partial charge < -0.3 is 10.5 Å². The number of carbonyl (C=O) groups is 1. The Morgan fingerprint density at radius 2 is 1.76 bits per heavy atom. The van der Waals surface area contributed by atoms with Crippen LogP contribution in [-0.2, 0) is 11.2 Å². The molecule has 0 heterocycles. The van der Waals surface area contributed by atoms with E-state index in [0.29, 0.717) is 0 Å². The molecule has 2 aromatic carbocycles. The molecule has 0 aromatic heterocycles. The van der Waals surface area contributed by atoms with Crippen LogP contribution in [0.15, 0.2) is 36.4 Å². The molecule has 0 saturated heterocycles. The van der Waals surface area contributed by atoms with Crippen LogP contribution in [0.4, 0.5) is 17.6 Å². The van der Waals surface area contributed by atoms with E-state index >= 15 is 0 Å².